The van der Waals surface area contributed by atoms with Gasteiger partial charge < -0.3 is 9.64 Å². The Labute approximate surface area is 162 Å². The third-order valence-electron chi connectivity index (χ3n) is 6.37. The number of ether oxygens (including phenoxy) is 1. The first-order valence-corrected chi connectivity index (χ1v) is 10.2. The molecule has 0 saturated carbocycles. The molecule has 2 aliphatic rings. The lowest BCUT2D eigenvalue weighted by atomic mass is 9.67. The molecule has 2 aromatic rings. The van der Waals surface area contributed by atoms with E-state index in [1.54, 1.807) is 0 Å². The van der Waals surface area contributed by atoms with E-state index in [2.05, 4.69) is 63.2 Å². The highest BCUT2D eigenvalue weighted by atomic mass is 16.6. The van der Waals surface area contributed by atoms with Crippen molar-refractivity contribution in [3.63, 3.8) is 0 Å². The average Bonchev–Trinajstić information content (AvgIpc) is 3.45. The van der Waals surface area contributed by atoms with Gasteiger partial charge in [-0.15, -0.1) is 0 Å². The Bertz CT molecular complexity index is 818. The van der Waals surface area contributed by atoms with Crippen molar-refractivity contribution < 1.29 is 9.53 Å². The number of rotatable bonds is 7. The fraction of sp³-hybridized carbons (Fsp3) is 0.458. The Kier molecular flexibility index (Phi) is 4.81. The highest BCUT2D eigenvalue weighted by Crippen LogP contribution is 2.52. The van der Waals surface area contributed by atoms with Crippen LogP contribution in [0.25, 0.3) is 0 Å². The Hall–Kier alpha value is -2.13. The zero-order valence-corrected chi connectivity index (χ0v) is 16.5. The molecule has 2 heterocycles. The molecule has 0 spiro atoms. The van der Waals surface area contributed by atoms with E-state index in [0.29, 0.717) is 6.10 Å². The van der Waals surface area contributed by atoms with E-state index in [4.69, 9.17) is 4.74 Å². The maximum absolute atomic E-state index is 13.2. The van der Waals surface area contributed by atoms with E-state index in [0.717, 1.165) is 31.4 Å². The van der Waals surface area contributed by atoms with E-state index in [-0.39, 0.29) is 23.5 Å². The number of nitrogens with zero attached hydrogens (tertiary/aromatic N) is 1. The van der Waals surface area contributed by atoms with Crippen molar-refractivity contribution in [3.05, 3.63) is 65.7 Å². The van der Waals surface area contributed by atoms with Gasteiger partial charge in [-0.05, 0) is 43.4 Å². The molecule has 142 valence electrons. The predicted octanol–water partition coefficient (Wildman–Crippen LogP) is 4.98. The molecular weight excluding hydrogens is 334 g/mol. The molecule has 3 nitrogen and oxygen atoms in total. The molecule has 4 rings (SSSR count). The van der Waals surface area contributed by atoms with Gasteiger partial charge in [-0.3, -0.25) is 4.79 Å². The van der Waals surface area contributed by atoms with Crippen LogP contribution in [0.1, 0.15) is 51.2 Å². The number of hydrogen-bond acceptors (Lipinski definition) is 2. The number of anilines is 1. The first-order valence-electron chi connectivity index (χ1n) is 10.2. The second kappa shape index (κ2) is 7.12. The van der Waals surface area contributed by atoms with Gasteiger partial charge in [0.1, 0.15) is 6.10 Å². The van der Waals surface area contributed by atoms with Gasteiger partial charge in [0.2, 0.25) is 5.91 Å². The second-order valence-electron chi connectivity index (χ2n) is 8.11. The van der Waals surface area contributed by atoms with Gasteiger partial charge in [0.15, 0.2) is 0 Å². The molecule has 3 heteroatoms. The van der Waals surface area contributed by atoms with Gasteiger partial charge in [0, 0.05) is 5.69 Å². The van der Waals surface area contributed by atoms with Crippen molar-refractivity contribution in [2.45, 2.75) is 64.7 Å². The fourth-order valence-corrected chi connectivity index (χ4v) is 4.54. The summed E-state index contributed by atoms with van der Waals surface area (Å²) in [6.07, 6.45) is 4.37. The summed E-state index contributed by atoms with van der Waals surface area (Å²) in [6, 6.07) is 18.9. The molecule has 0 aromatic heterocycles. The molecule has 2 saturated heterocycles. The summed E-state index contributed by atoms with van der Waals surface area (Å²) in [5.41, 5.74) is 3.20. The van der Waals surface area contributed by atoms with Crippen molar-refractivity contribution in [3.8, 4) is 0 Å². The first-order chi connectivity index (χ1) is 13.1. The molecule has 2 aromatic carbocycles. The predicted molar refractivity (Wildman–Crippen MR) is 109 cm³/mol. The lowest BCUT2D eigenvalue weighted by Crippen LogP contribution is -2.70. The third-order valence-corrected chi connectivity index (χ3v) is 6.37. The fourth-order valence-electron chi connectivity index (χ4n) is 4.54. The minimum absolute atomic E-state index is 0.142. The molecule has 2 aliphatic heterocycles. The SMILES string of the molecule is CCC[C@@H]1O[C@H]1[C@@H]1N(c2ccccc2Cc2ccccc2)C(=O)[C@@]1(C)CC. The molecule has 0 radical (unpaired) electrons. The van der Waals surface area contributed by atoms with Crippen LogP contribution in [-0.4, -0.2) is 24.2 Å². The van der Waals surface area contributed by atoms with Crippen molar-refractivity contribution >= 4 is 11.6 Å². The van der Waals surface area contributed by atoms with Gasteiger partial charge in [-0.1, -0.05) is 68.8 Å². The maximum Gasteiger partial charge on any atom is 0.235 e. The molecule has 0 N–H and O–H groups in total. The lowest BCUT2D eigenvalue weighted by Gasteiger charge is -2.54. The summed E-state index contributed by atoms with van der Waals surface area (Å²) < 4.78 is 6.02. The van der Waals surface area contributed by atoms with Crippen LogP contribution in [0.5, 0.6) is 0 Å². The quantitative estimate of drug-likeness (QED) is 0.513. The number of benzene rings is 2. The van der Waals surface area contributed by atoms with Crippen LogP contribution in [-0.2, 0) is 16.0 Å². The number of β-lactam (4-membered cyclic amide) rings is 1. The summed E-state index contributed by atoms with van der Waals surface area (Å²) in [5, 5.41) is 0. The zero-order valence-electron chi connectivity index (χ0n) is 16.5. The van der Waals surface area contributed by atoms with Crippen LogP contribution < -0.4 is 4.90 Å². The Balaban J connectivity index is 1.65. The summed E-state index contributed by atoms with van der Waals surface area (Å²) in [5.74, 6) is 0.237. The van der Waals surface area contributed by atoms with E-state index in [1.807, 2.05) is 17.0 Å². The highest BCUT2D eigenvalue weighted by Gasteiger charge is 2.65. The van der Waals surface area contributed by atoms with Crippen molar-refractivity contribution in [1.82, 2.24) is 0 Å². The van der Waals surface area contributed by atoms with Crippen LogP contribution in [0, 0.1) is 5.41 Å². The average molecular weight is 364 g/mol. The number of hydrogen-bond donors (Lipinski definition) is 0. The Morgan fingerprint density at radius 3 is 2.44 bits per heavy atom. The molecule has 0 unspecified atom stereocenters. The Morgan fingerprint density at radius 2 is 1.74 bits per heavy atom. The molecule has 0 aliphatic carbocycles. The van der Waals surface area contributed by atoms with Gasteiger partial charge >= 0.3 is 0 Å². The minimum atomic E-state index is -0.312. The molecule has 0 bridgehead atoms. The lowest BCUT2D eigenvalue weighted by molar-refractivity contribution is -0.139. The number of carbonyl (C=O) groups excluding carboxylic acids is 1. The normalized spacial score (nSPS) is 29.5. The molecule has 1 amide bonds. The second-order valence-corrected chi connectivity index (χ2v) is 8.11. The topological polar surface area (TPSA) is 32.8 Å². The van der Waals surface area contributed by atoms with E-state index in [9.17, 15) is 4.79 Å². The van der Waals surface area contributed by atoms with Gasteiger partial charge in [-0.25, -0.2) is 0 Å². The highest BCUT2D eigenvalue weighted by molar-refractivity contribution is 6.06. The van der Waals surface area contributed by atoms with Gasteiger partial charge in [0.25, 0.3) is 0 Å². The van der Waals surface area contributed by atoms with Gasteiger partial charge in [0.05, 0.1) is 17.6 Å². The van der Waals surface area contributed by atoms with E-state index < -0.39 is 0 Å². The van der Waals surface area contributed by atoms with Gasteiger partial charge in [-0.2, -0.15) is 0 Å². The minimum Gasteiger partial charge on any atom is -0.367 e. The van der Waals surface area contributed by atoms with E-state index in [1.165, 1.54) is 11.1 Å². The van der Waals surface area contributed by atoms with Crippen molar-refractivity contribution in [2.24, 2.45) is 5.41 Å². The van der Waals surface area contributed by atoms with Crippen molar-refractivity contribution in [1.29, 1.82) is 0 Å². The molecular formula is C24H29NO2. The van der Waals surface area contributed by atoms with Crippen molar-refractivity contribution in [2.75, 3.05) is 4.90 Å². The summed E-state index contributed by atoms with van der Waals surface area (Å²) in [7, 11) is 0. The monoisotopic (exact) mass is 363 g/mol. The number of carbonyl (C=O) groups is 1. The molecule has 2 fully saturated rings. The molecule has 4 atom stereocenters. The largest absolute Gasteiger partial charge is 0.367 e. The van der Waals surface area contributed by atoms with E-state index >= 15 is 0 Å². The Morgan fingerprint density at radius 1 is 1.04 bits per heavy atom. The standard InChI is InChI=1S/C24H29NO2/c1-4-11-20-21(27-20)22-24(3,5-2)23(26)25(22)19-15-10-9-14-18(19)16-17-12-7-6-8-13-17/h6-10,12-15,20-22H,4-5,11,16H2,1-3H3/t20-,21+,22-,24-/m0/s1. The number of amides is 1. The number of epoxide rings is 1. The van der Waals surface area contributed by atoms with Crippen LogP contribution in [0.2, 0.25) is 0 Å². The van der Waals surface area contributed by atoms with Crippen LogP contribution in [0.4, 0.5) is 5.69 Å². The smallest absolute Gasteiger partial charge is 0.235 e. The first kappa shape index (κ1) is 18.2. The van der Waals surface area contributed by atoms with Crippen LogP contribution in [0.3, 0.4) is 0 Å². The zero-order chi connectivity index (χ0) is 19.0. The number of para-hydroxylation sites is 1. The third kappa shape index (κ3) is 3.08. The summed E-state index contributed by atoms with van der Waals surface area (Å²) >= 11 is 0. The summed E-state index contributed by atoms with van der Waals surface area (Å²) in [6.45, 7) is 6.42. The maximum atomic E-state index is 13.2. The molecule has 27 heavy (non-hydrogen) atoms. The van der Waals surface area contributed by atoms with Crippen LogP contribution >= 0.6 is 0 Å². The summed E-state index contributed by atoms with van der Waals surface area (Å²) in [4.78, 5) is 15.2. The van der Waals surface area contributed by atoms with Crippen LogP contribution in [0.15, 0.2) is 54.6 Å².